The van der Waals surface area contributed by atoms with Crippen LogP contribution in [0.25, 0.3) is 11.0 Å². The van der Waals surface area contributed by atoms with Crippen LogP contribution in [0, 0.1) is 0 Å². The van der Waals surface area contributed by atoms with Crippen molar-refractivity contribution in [1.82, 2.24) is 10.2 Å². The number of amides is 1. The lowest BCUT2D eigenvalue weighted by Gasteiger charge is -2.32. The molecule has 0 bridgehead atoms. The number of fused-ring (bicyclic) bond motifs is 1. The molecule has 0 aliphatic carbocycles. The number of para-hydroxylation sites is 1. The molecular formula is C21H28N2O4. The molecule has 1 N–H and O–H groups in total. The molecule has 146 valence electrons. The van der Waals surface area contributed by atoms with Gasteiger partial charge in [-0.1, -0.05) is 18.2 Å². The predicted octanol–water partition coefficient (Wildman–Crippen LogP) is 3.32. The number of nitrogens with one attached hydrogen (secondary N) is 1. The molecule has 1 aliphatic heterocycles. The molecule has 0 spiro atoms. The summed E-state index contributed by atoms with van der Waals surface area (Å²) < 4.78 is 10.7. The highest BCUT2D eigenvalue weighted by atomic mass is 16.6. The maximum absolute atomic E-state index is 11.9. The minimum Gasteiger partial charge on any atom is -0.444 e. The zero-order valence-electron chi connectivity index (χ0n) is 16.3. The number of alkyl carbamates (subject to hydrolysis) is 1. The molecule has 1 aromatic heterocycles. The van der Waals surface area contributed by atoms with Crippen molar-refractivity contribution >= 4 is 17.1 Å². The average Bonchev–Trinajstić information content (AvgIpc) is 2.59. The minimum atomic E-state index is -0.474. The third-order valence-corrected chi connectivity index (χ3v) is 4.73. The third-order valence-electron chi connectivity index (χ3n) is 4.73. The van der Waals surface area contributed by atoms with E-state index < -0.39 is 5.60 Å². The number of nitrogens with zero attached hydrogens (tertiary/aromatic N) is 1. The van der Waals surface area contributed by atoms with Crippen LogP contribution in [0.4, 0.5) is 4.79 Å². The molecule has 1 aliphatic rings. The average molecular weight is 372 g/mol. The number of carbonyl (C=O) groups is 1. The van der Waals surface area contributed by atoms with Gasteiger partial charge in [0.05, 0.1) is 0 Å². The Morgan fingerprint density at radius 2 is 1.96 bits per heavy atom. The van der Waals surface area contributed by atoms with Gasteiger partial charge in [0.1, 0.15) is 11.2 Å². The summed E-state index contributed by atoms with van der Waals surface area (Å²) in [5.41, 5.74) is 0.952. The van der Waals surface area contributed by atoms with E-state index in [0.717, 1.165) is 49.8 Å². The van der Waals surface area contributed by atoms with E-state index in [1.807, 2.05) is 39.0 Å². The topological polar surface area (TPSA) is 71.8 Å². The van der Waals surface area contributed by atoms with E-state index >= 15 is 0 Å². The number of piperidine rings is 1. The first-order valence-electron chi connectivity index (χ1n) is 9.54. The highest BCUT2D eigenvalue weighted by Crippen LogP contribution is 2.19. The molecule has 2 heterocycles. The molecule has 1 amide bonds. The molecule has 1 fully saturated rings. The van der Waals surface area contributed by atoms with Gasteiger partial charge in [0.15, 0.2) is 0 Å². The van der Waals surface area contributed by atoms with Crippen LogP contribution in [-0.2, 0) is 11.2 Å². The third kappa shape index (κ3) is 5.57. The van der Waals surface area contributed by atoms with Crippen molar-refractivity contribution in [2.75, 3.05) is 19.6 Å². The number of rotatable bonds is 4. The van der Waals surface area contributed by atoms with Gasteiger partial charge >= 0.3 is 11.7 Å². The second-order valence-corrected chi connectivity index (χ2v) is 8.10. The first-order chi connectivity index (χ1) is 12.8. The molecule has 1 aromatic carbocycles. The van der Waals surface area contributed by atoms with Crippen LogP contribution in [0.2, 0.25) is 0 Å². The Bertz CT molecular complexity index is 845. The lowest BCUT2D eigenvalue weighted by atomic mass is 10.0. The summed E-state index contributed by atoms with van der Waals surface area (Å²) in [6.45, 7) is 8.35. The monoisotopic (exact) mass is 372 g/mol. The van der Waals surface area contributed by atoms with Crippen molar-refractivity contribution in [1.29, 1.82) is 0 Å². The van der Waals surface area contributed by atoms with Gasteiger partial charge in [0, 0.05) is 37.1 Å². The molecule has 0 saturated carbocycles. The molecule has 3 rings (SSSR count). The highest BCUT2D eigenvalue weighted by molar-refractivity contribution is 5.79. The van der Waals surface area contributed by atoms with Crippen molar-refractivity contribution in [3.63, 3.8) is 0 Å². The lowest BCUT2D eigenvalue weighted by Crippen LogP contribution is -2.46. The second-order valence-electron chi connectivity index (χ2n) is 8.10. The molecule has 2 aromatic rings. The van der Waals surface area contributed by atoms with E-state index in [4.69, 9.17) is 9.15 Å². The van der Waals surface area contributed by atoms with Crippen molar-refractivity contribution in [3.05, 3.63) is 46.3 Å². The second kappa shape index (κ2) is 8.13. The largest absolute Gasteiger partial charge is 0.444 e. The quantitative estimate of drug-likeness (QED) is 0.834. The van der Waals surface area contributed by atoms with Gasteiger partial charge in [-0.2, -0.15) is 0 Å². The molecule has 6 heteroatoms. The summed E-state index contributed by atoms with van der Waals surface area (Å²) in [7, 11) is 0. The highest BCUT2D eigenvalue weighted by Gasteiger charge is 2.23. The summed E-state index contributed by atoms with van der Waals surface area (Å²) in [5.74, 6) is 0. The van der Waals surface area contributed by atoms with E-state index in [9.17, 15) is 9.59 Å². The van der Waals surface area contributed by atoms with Gasteiger partial charge in [-0.25, -0.2) is 9.59 Å². The fourth-order valence-electron chi connectivity index (χ4n) is 3.40. The summed E-state index contributed by atoms with van der Waals surface area (Å²) >= 11 is 0. The smallest absolute Gasteiger partial charge is 0.407 e. The maximum atomic E-state index is 11.9. The Morgan fingerprint density at radius 1 is 1.22 bits per heavy atom. The molecule has 0 atom stereocenters. The van der Waals surface area contributed by atoms with Gasteiger partial charge in [0.25, 0.3) is 0 Å². The fraction of sp³-hybridized carbons (Fsp3) is 0.524. The van der Waals surface area contributed by atoms with Crippen molar-refractivity contribution in [2.45, 2.75) is 51.7 Å². The maximum Gasteiger partial charge on any atom is 0.407 e. The van der Waals surface area contributed by atoms with E-state index in [-0.39, 0.29) is 17.8 Å². The Balaban J connectivity index is 1.50. The van der Waals surface area contributed by atoms with Gasteiger partial charge in [-0.05, 0) is 51.7 Å². The summed E-state index contributed by atoms with van der Waals surface area (Å²) in [5, 5.41) is 3.91. The Labute approximate surface area is 159 Å². The standard InChI is InChI=1S/C21H28N2O4/c1-21(2,3)27-20(25)22-17-10-13-23(14-11-17)12-9-16-6-4-5-15-7-8-18(24)26-19(15)16/h4-8,17H,9-14H2,1-3H3,(H,22,25). The van der Waals surface area contributed by atoms with Crippen LogP contribution in [-0.4, -0.2) is 42.3 Å². The molecule has 27 heavy (non-hydrogen) atoms. The normalized spacial score (nSPS) is 16.4. The minimum absolute atomic E-state index is 0.159. The van der Waals surface area contributed by atoms with Gasteiger partial charge < -0.3 is 19.4 Å². The first-order valence-corrected chi connectivity index (χ1v) is 9.54. The Kier molecular flexibility index (Phi) is 5.85. The SMILES string of the molecule is CC(C)(C)OC(=O)NC1CCN(CCc2cccc3ccc(=O)oc23)CC1. The van der Waals surface area contributed by atoms with Gasteiger partial charge in [-0.3, -0.25) is 0 Å². The number of hydrogen-bond donors (Lipinski definition) is 1. The van der Waals surface area contributed by atoms with Crippen LogP contribution in [0.15, 0.2) is 39.5 Å². The summed E-state index contributed by atoms with van der Waals surface area (Å²) in [4.78, 5) is 25.8. The van der Waals surface area contributed by atoms with Crippen molar-refractivity contribution < 1.29 is 13.9 Å². The predicted molar refractivity (Wildman–Crippen MR) is 105 cm³/mol. The molecule has 0 radical (unpaired) electrons. The fourth-order valence-corrected chi connectivity index (χ4v) is 3.40. The summed E-state index contributed by atoms with van der Waals surface area (Å²) in [6.07, 6.45) is 2.30. The Morgan fingerprint density at radius 3 is 2.67 bits per heavy atom. The molecular weight excluding hydrogens is 344 g/mol. The zero-order valence-corrected chi connectivity index (χ0v) is 16.3. The van der Waals surface area contributed by atoms with Crippen LogP contribution >= 0.6 is 0 Å². The van der Waals surface area contributed by atoms with Crippen LogP contribution in [0.3, 0.4) is 0 Å². The lowest BCUT2D eigenvalue weighted by molar-refractivity contribution is 0.0479. The van der Waals surface area contributed by atoms with Crippen LogP contribution < -0.4 is 10.9 Å². The van der Waals surface area contributed by atoms with E-state index in [0.29, 0.717) is 5.58 Å². The first kappa shape index (κ1) is 19.4. The number of carbonyl (C=O) groups excluding carboxylic acids is 1. The van der Waals surface area contributed by atoms with E-state index in [1.54, 1.807) is 6.07 Å². The van der Waals surface area contributed by atoms with Crippen molar-refractivity contribution in [2.24, 2.45) is 0 Å². The van der Waals surface area contributed by atoms with Crippen molar-refractivity contribution in [3.8, 4) is 0 Å². The Hall–Kier alpha value is -2.34. The number of ether oxygens (including phenoxy) is 1. The van der Waals surface area contributed by atoms with Gasteiger partial charge in [-0.15, -0.1) is 0 Å². The molecule has 0 unspecified atom stereocenters. The van der Waals surface area contributed by atoms with E-state index in [2.05, 4.69) is 10.2 Å². The zero-order chi connectivity index (χ0) is 19.4. The molecule has 6 nitrogen and oxygen atoms in total. The van der Waals surface area contributed by atoms with Crippen LogP contribution in [0.1, 0.15) is 39.2 Å². The number of hydrogen-bond acceptors (Lipinski definition) is 5. The number of likely N-dealkylation sites (tertiary alicyclic amines) is 1. The molecule has 1 saturated heterocycles. The van der Waals surface area contributed by atoms with Crippen LogP contribution in [0.5, 0.6) is 0 Å². The summed E-state index contributed by atoms with van der Waals surface area (Å²) in [6, 6.07) is 9.38. The van der Waals surface area contributed by atoms with Gasteiger partial charge in [0.2, 0.25) is 0 Å². The van der Waals surface area contributed by atoms with E-state index in [1.165, 1.54) is 6.07 Å². The number of benzene rings is 1.